The van der Waals surface area contributed by atoms with E-state index in [4.69, 9.17) is 0 Å². The van der Waals surface area contributed by atoms with Gasteiger partial charge < -0.3 is 0 Å². The lowest BCUT2D eigenvalue weighted by Gasteiger charge is -2.05. The maximum absolute atomic E-state index is 12.7. The van der Waals surface area contributed by atoms with Crippen molar-refractivity contribution in [2.24, 2.45) is 0 Å². The zero-order valence-electron chi connectivity index (χ0n) is 12.1. The van der Waals surface area contributed by atoms with Crippen LogP contribution in [0.3, 0.4) is 0 Å². The van der Waals surface area contributed by atoms with Crippen LogP contribution >= 0.6 is 0 Å². The third-order valence-corrected chi connectivity index (χ3v) is 3.71. The smallest absolute Gasteiger partial charge is 0.268 e. The van der Waals surface area contributed by atoms with Gasteiger partial charge in [-0.15, -0.1) is 0 Å². The van der Waals surface area contributed by atoms with Crippen molar-refractivity contribution >= 4 is 22.6 Å². The molecule has 22 heavy (non-hydrogen) atoms. The van der Waals surface area contributed by atoms with Crippen molar-refractivity contribution in [3.05, 3.63) is 69.5 Å². The molecular formula is C16H13N3O3. The Balaban J connectivity index is 2.18. The van der Waals surface area contributed by atoms with Gasteiger partial charge in [-0.3, -0.25) is 19.5 Å². The van der Waals surface area contributed by atoms with Crippen molar-refractivity contribution < 1.29 is 9.72 Å². The Bertz CT molecular complexity index is 912. The van der Waals surface area contributed by atoms with Gasteiger partial charge in [-0.1, -0.05) is 12.1 Å². The number of aromatic nitrogens is 2. The number of fused-ring (bicyclic) bond motifs is 1. The van der Waals surface area contributed by atoms with Crippen molar-refractivity contribution in [2.45, 2.75) is 13.8 Å². The van der Waals surface area contributed by atoms with Gasteiger partial charge in [-0.2, -0.15) is 0 Å². The van der Waals surface area contributed by atoms with E-state index in [-0.39, 0.29) is 11.3 Å². The molecule has 110 valence electrons. The van der Waals surface area contributed by atoms with Crippen LogP contribution in [0.4, 0.5) is 5.69 Å². The molecule has 1 aromatic heterocycles. The van der Waals surface area contributed by atoms with Gasteiger partial charge in [-0.25, -0.2) is 4.98 Å². The van der Waals surface area contributed by atoms with Gasteiger partial charge in [0.05, 0.1) is 16.0 Å². The molecule has 0 saturated heterocycles. The average molecular weight is 295 g/mol. The summed E-state index contributed by atoms with van der Waals surface area (Å²) in [5, 5.41) is 11.1. The largest absolute Gasteiger partial charge is 0.282 e. The summed E-state index contributed by atoms with van der Waals surface area (Å²) in [5.41, 5.74) is 3.28. The molecule has 0 aliphatic carbocycles. The fourth-order valence-electron chi connectivity index (χ4n) is 2.37. The van der Waals surface area contributed by atoms with Crippen LogP contribution in [0.1, 0.15) is 21.5 Å². The highest BCUT2D eigenvalue weighted by molar-refractivity contribution is 6.03. The highest BCUT2D eigenvalue weighted by Gasteiger charge is 2.22. The molecular weight excluding hydrogens is 282 g/mol. The van der Waals surface area contributed by atoms with Gasteiger partial charge in [0, 0.05) is 6.07 Å². The van der Waals surface area contributed by atoms with Crippen molar-refractivity contribution in [2.75, 3.05) is 0 Å². The second kappa shape index (κ2) is 5.07. The number of nitro groups is 1. The Morgan fingerprint density at radius 1 is 1.18 bits per heavy atom. The van der Waals surface area contributed by atoms with E-state index in [1.165, 1.54) is 29.1 Å². The number of carbonyl (C=O) groups excluding carboxylic acids is 1. The van der Waals surface area contributed by atoms with Crippen molar-refractivity contribution in [3.8, 4) is 0 Å². The van der Waals surface area contributed by atoms with Crippen molar-refractivity contribution in [1.82, 2.24) is 9.55 Å². The van der Waals surface area contributed by atoms with Crippen LogP contribution in [0.25, 0.3) is 11.0 Å². The second-order valence-corrected chi connectivity index (χ2v) is 5.12. The molecule has 0 aliphatic heterocycles. The van der Waals surface area contributed by atoms with Gasteiger partial charge in [-0.05, 0) is 43.2 Å². The summed E-state index contributed by atoms with van der Waals surface area (Å²) < 4.78 is 1.35. The first-order chi connectivity index (χ1) is 10.5. The lowest BCUT2D eigenvalue weighted by molar-refractivity contribution is -0.385. The van der Waals surface area contributed by atoms with Gasteiger partial charge in [0.2, 0.25) is 0 Å². The Kier molecular flexibility index (Phi) is 3.21. The van der Waals surface area contributed by atoms with E-state index in [1.54, 1.807) is 6.07 Å². The number of nitrogens with zero attached hydrogens (tertiary/aromatic N) is 3. The lowest BCUT2D eigenvalue weighted by atomic mass is 10.1. The fourth-order valence-corrected chi connectivity index (χ4v) is 2.37. The molecule has 0 bridgehead atoms. The fraction of sp³-hybridized carbons (Fsp3) is 0.125. The van der Waals surface area contributed by atoms with Crippen LogP contribution in [0.15, 0.2) is 42.7 Å². The summed E-state index contributed by atoms with van der Waals surface area (Å²) in [5.74, 6) is -0.460. The quantitative estimate of drug-likeness (QED) is 0.537. The maximum Gasteiger partial charge on any atom is 0.282 e. The number of para-hydroxylation sites is 1. The molecule has 6 nitrogen and oxygen atoms in total. The van der Waals surface area contributed by atoms with Crippen LogP contribution in [-0.4, -0.2) is 20.4 Å². The molecule has 1 heterocycles. The molecule has 0 amide bonds. The average Bonchev–Trinajstić information content (AvgIpc) is 2.89. The molecule has 0 N–H and O–H groups in total. The number of aryl methyl sites for hydroxylation is 2. The summed E-state index contributed by atoms with van der Waals surface area (Å²) in [6, 6.07) is 9.68. The second-order valence-electron chi connectivity index (χ2n) is 5.12. The van der Waals surface area contributed by atoms with Gasteiger partial charge in [0.1, 0.15) is 11.9 Å². The van der Waals surface area contributed by atoms with E-state index in [2.05, 4.69) is 4.98 Å². The molecule has 6 heteroatoms. The van der Waals surface area contributed by atoms with Gasteiger partial charge in [0.25, 0.3) is 11.6 Å². The summed E-state index contributed by atoms with van der Waals surface area (Å²) in [6.07, 6.45) is 1.41. The van der Waals surface area contributed by atoms with E-state index < -0.39 is 10.8 Å². The number of rotatable bonds is 2. The van der Waals surface area contributed by atoms with Crippen LogP contribution in [0, 0.1) is 24.0 Å². The monoisotopic (exact) mass is 295 g/mol. The predicted octanol–water partition coefficient (Wildman–Crippen LogP) is 3.25. The number of carbonyl (C=O) groups is 1. The third-order valence-electron chi connectivity index (χ3n) is 3.71. The Hall–Kier alpha value is -3.02. The minimum Gasteiger partial charge on any atom is -0.268 e. The third kappa shape index (κ3) is 2.14. The summed E-state index contributed by atoms with van der Waals surface area (Å²) in [7, 11) is 0. The van der Waals surface area contributed by atoms with Crippen molar-refractivity contribution in [1.29, 1.82) is 0 Å². The molecule has 2 aromatic carbocycles. The predicted molar refractivity (Wildman–Crippen MR) is 82.0 cm³/mol. The number of hydrogen-bond acceptors (Lipinski definition) is 4. The highest BCUT2D eigenvalue weighted by Crippen LogP contribution is 2.23. The lowest BCUT2D eigenvalue weighted by Crippen LogP contribution is -2.13. The van der Waals surface area contributed by atoms with Crippen LogP contribution in [0.2, 0.25) is 0 Å². The van der Waals surface area contributed by atoms with E-state index in [1.807, 2.05) is 26.0 Å². The number of imidazole rings is 1. The Labute approximate surface area is 126 Å². The zero-order chi connectivity index (χ0) is 15.9. The zero-order valence-corrected chi connectivity index (χ0v) is 12.1. The van der Waals surface area contributed by atoms with Crippen LogP contribution < -0.4 is 0 Å². The highest BCUT2D eigenvalue weighted by atomic mass is 16.6. The number of nitro benzene ring substituents is 1. The summed E-state index contributed by atoms with van der Waals surface area (Å²) in [4.78, 5) is 27.4. The molecule has 0 saturated carbocycles. The molecule has 0 fully saturated rings. The van der Waals surface area contributed by atoms with Gasteiger partial charge >= 0.3 is 0 Å². The van der Waals surface area contributed by atoms with E-state index >= 15 is 0 Å². The molecule has 0 spiro atoms. The van der Waals surface area contributed by atoms with Crippen LogP contribution in [-0.2, 0) is 0 Å². The molecule has 0 atom stereocenters. The van der Waals surface area contributed by atoms with Gasteiger partial charge in [0.15, 0.2) is 0 Å². The molecule has 3 aromatic rings. The summed E-state index contributed by atoms with van der Waals surface area (Å²) in [6.45, 7) is 3.92. The maximum atomic E-state index is 12.7. The minimum atomic E-state index is -0.554. The van der Waals surface area contributed by atoms with Crippen molar-refractivity contribution in [3.63, 3.8) is 0 Å². The number of benzene rings is 2. The molecule has 0 aliphatic rings. The van der Waals surface area contributed by atoms with E-state index in [9.17, 15) is 14.9 Å². The molecule has 0 radical (unpaired) electrons. The normalized spacial score (nSPS) is 10.8. The Morgan fingerprint density at radius 2 is 1.86 bits per heavy atom. The Morgan fingerprint density at radius 3 is 2.59 bits per heavy atom. The number of hydrogen-bond donors (Lipinski definition) is 0. The first-order valence-electron chi connectivity index (χ1n) is 6.71. The topological polar surface area (TPSA) is 78.0 Å². The van der Waals surface area contributed by atoms with Crippen LogP contribution in [0.5, 0.6) is 0 Å². The molecule has 3 rings (SSSR count). The molecule has 0 unspecified atom stereocenters. The standard InChI is InChI=1S/C16H13N3O3/c1-10-7-13-15(8-11(10)2)18(9-17-13)16(20)12-5-3-4-6-14(12)19(21)22/h3-9H,1-2H3. The SMILES string of the molecule is Cc1cc2ncn(C(=O)c3ccccc3[N+](=O)[O-])c2cc1C. The first kappa shape index (κ1) is 13.9. The first-order valence-corrected chi connectivity index (χ1v) is 6.71. The van der Waals surface area contributed by atoms with E-state index in [0.29, 0.717) is 11.0 Å². The summed E-state index contributed by atoms with van der Waals surface area (Å²) >= 11 is 0. The minimum absolute atomic E-state index is 0.0463. The van der Waals surface area contributed by atoms with E-state index in [0.717, 1.165) is 11.1 Å².